The molecule has 2 rings (SSSR count). The minimum atomic E-state index is 0.145. The van der Waals surface area contributed by atoms with Gasteiger partial charge in [-0.05, 0) is 24.3 Å². The number of terminal acetylenes is 1. The molecular weight excluding hydrogens is 246 g/mol. The molecule has 1 atom stereocenters. The van der Waals surface area contributed by atoms with E-state index >= 15 is 0 Å². The van der Waals surface area contributed by atoms with Crippen molar-refractivity contribution in [3.05, 3.63) is 22.4 Å². The van der Waals surface area contributed by atoms with E-state index < -0.39 is 0 Å². The molecule has 4 heteroatoms. The number of thiophene rings is 1. The van der Waals surface area contributed by atoms with Gasteiger partial charge in [-0.25, -0.2) is 0 Å². The Labute approximate surface area is 112 Å². The Hall–Kier alpha value is -1.31. The topological polar surface area (TPSA) is 29.5 Å². The quantitative estimate of drug-likeness (QED) is 0.616. The third-order valence-corrected chi connectivity index (χ3v) is 3.93. The van der Waals surface area contributed by atoms with Crippen molar-refractivity contribution in [1.82, 2.24) is 4.90 Å². The van der Waals surface area contributed by atoms with E-state index in [-0.39, 0.29) is 5.91 Å². The Morgan fingerprint density at radius 1 is 1.67 bits per heavy atom. The fraction of sp³-hybridized carbons (Fsp3) is 0.500. The van der Waals surface area contributed by atoms with Crippen LogP contribution in [0.4, 0.5) is 0 Å². The summed E-state index contributed by atoms with van der Waals surface area (Å²) in [6, 6.07) is 3.79. The molecule has 1 aromatic rings. The molecule has 0 radical (unpaired) electrons. The van der Waals surface area contributed by atoms with Crippen molar-refractivity contribution >= 4 is 17.2 Å². The molecule has 0 spiro atoms. The average Bonchev–Trinajstić information content (AvgIpc) is 2.92. The molecule has 18 heavy (non-hydrogen) atoms. The standard InChI is InChI=1S/C14H17NO2S/c1-2-8-17-11-12-5-3-7-15(10-12)14(16)13-6-4-9-18-13/h1,4,6,9,12H,3,5,7-8,10-11H2. The monoisotopic (exact) mass is 263 g/mol. The molecule has 1 aliphatic rings. The molecule has 1 aromatic heterocycles. The van der Waals surface area contributed by atoms with Gasteiger partial charge in [0.15, 0.2) is 0 Å². The van der Waals surface area contributed by atoms with E-state index in [9.17, 15) is 4.79 Å². The zero-order chi connectivity index (χ0) is 12.8. The van der Waals surface area contributed by atoms with Crippen LogP contribution >= 0.6 is 11.3 Å². The molecule has 0 bridgehead atoms. The van der Waals surface area contributed by atoms with Gasteiger partial charge in [0.25, 0.3) is 5.91 Å². The second kappa shape index (κ2) is 6.58. The van der Waals surface area contributed by atoms with Gasteiger partial charge in [0, 0.05) is 19.0 Å². The number of amides is 1. The lowest BCUT2D eigenvalue weighted by atomic mass is 9.99. The van der Waals surface area contributed by atoms with Gasteiger partial charge < -0.3 is 9.64 Å². The van der Waals surface area contributed by atoms with Gasteiger partial charge in [-0.3, -0.25) is 4.79 Å². The molecule has 0 N–H and O–H groups in total. The SMILES string of the molecule is C#CCOCC1CCCN(C(=O)c2cccs2)C1. The summed E-state index contributed by atoms with van der Waals surface area (Å²) < 4.78 is 5.37. The Morgan fingerprint density at radius 3 is 3.28 bits per heavy atom. The Balaban J connectivity index is 1.87. The maximum atomic E-state index is 12.2. The van der Waals surface area contributed by atoms with Crippen LogP contribution in [0, 0.1) is 18.3 Å². The summed E-state index contributed by atoms with van der Waals surface area (Å²) >= 11 is 1.50. The van der Waals surface area contributed by atoms with Crippen molar-refractivity contribution in [1.29, 1.82) is 0 Å². The Kier molecular flexibility index (Phi) is 4.80. The number of hydrogen-bond acceptors (Lipinski definition) is 3. The lowest BCUT2D eigenvalue weighted by Crippen LogP contribution is -2.41. The molecule has 1 saturated heterocycles. The Morgan fingerprint density at radius 2 is 2.56 bits per heavy atom. The van der Waals surface area contributed by atoms with Crippen molar-refractivity contribution in [3.8, 4) is 12.3 Å². The van der Waals surface area contributed by atoms with E-state index in [2.05, 4.69) is 5.92 Å². The normalized spacial score (nSPS) is 19.5. The highest BCUT2D eigenvalue weighted by Crippen LogP contribution is 2.20. The van der Waals surface area contributed by atoms with Crippen LogP contribution in [0.2, 0.25) is 0 Å². The highest BCUT2D eigenvalue weighted by Gasteiger charge is 2.24. The van der Waals surface area contributed by atoms with E-state index in [1.165, 1.54) is 11.3 Å². The molecule has 1 unspecified atom stereocenters. The molecule has 2 heterocycles. The average molecular weight is 263 g/mol. The molecule has 0 aromatic carbocycles. The van der Waals surface area contributed by atoms with Crippen LogP contribution < -0.4 is 0 Å². The smallest absolute Gasteiger partial charge is 0.263 e. The predicted molar refractivity (Wildman–Crippen MR) is 72.6 cm³/mol. The van der Waals surface area contributed by atoms with Crippen molar-refractivity contribution < 1.29 is 9.53 Å². The van der Waals surface area contributed by atoms with Crippen LogP contribution in [0.1, 0.15) is 22.5 Å². The first-order valence-corrected chi connectivity index (χ1v) is 7.03. The van der Waals surface area contributed by atoms with Gasteiger partial charge in [-0.15, -0.1) is 17.8 Å². The van der Waals surface area contributed by atoms with Gasteiger partial charge in [-0.2, -0.15) is 0 Å². The van der Waals surface area contributed by atoms with E-state index in [0.29, 0.717) is 19.1 Å². The number of nitrogens with zero attached hydrogens (tertiary/aromatic N) is 1. The van der Waals surface area contributed by atoms with Gasteiger partial charge in [0.05, 0.1) is 11.5 Å². The van der Waals surface area contributed by atoms with E-state index in [4.69, 9.17) is 11.2 Å². The number of carbonyl (C=O) groups excluding carboxylic acids is 1. The summed E-state index contributed by atoms with van der Waals surface area (Å²) in [6.45, 7) is 2.64. The third kappa shape index (κ3) is 3.34. The summed E-state index contributed by atoms with van der Waals surface area (Å²) in [5.74, 6) is 3.02. The number of hydrogen-bond donors (Lipinski definition) is 0. The van der Waals surface area contributed by atoms with Crippen LogP contribution in [0.15, 0.2) is 17.5 Å². The van der Waals surface area contributed by atoms with E-state index in [1.54, 1.807) is 0 Å². The molecule has 0 saturated carbocycles. The lowest BCUT2D eigenvalue weighted by molar-refractivity contribution is 0.0538. The minimum Gasteiger partial charge on any atom is -0.368 e. The molecule has 96 valence electrons. The highest BCUT2D eigenvalue weighted by atomic mass is 32.1. The summed E-state index contributed by atoms with van der Waals surface area (Å²) in [4.78, 5) is 14.9. The Bertz CT molecular complexity index is 422. The second-order valence-corrected chi connectivity index (χ2v) is 5.40. The maximum Gasteiger partial charge on any atom is 0.263 e. The zero-order valence-electron chi connectivity index (χ0n) is 10.3. The number of carbonyl (C=O) groups is 1. The highest BCUT2D eigenvalue weighted by molar-refractivity contribution is 7.12. The molecule has 1 amide bonds. The largest absolute Gasteiger partial charge is 0.368 e. The predicted octanol–water partition coefficient (Wildman–Crippen LogP) is 2.25. The third-order valence-electron chi connectivity index (χ3n) is 3.08. The van der Waals surface area contributed by atoms with Crippen molar-refractivity contribution in [2.75, 3.05) is 26.3 Å². The number of rotatable bonds is 4. The van der Waals surface area contributed by atoms with Gasteiger partial charge in [0.1, 0.15) is 6.61 Å². The van der Waals surface area contributed by atoms with Gasteiger partial charge >= 0.3 is 0 Å². The minimum absolute atomic E-state index is 0.145. The van der Waals surface area contributed by atoms with Crippen LogP contribution in [-0.4, -0.2) is 37.1 Å². The van der Waals surface area contributed by atoms with Gasteiger partial charge in [0.2, 0.25) is 0 Å². The van der Waals surface area contributed by atoms with Crippen LogP contribution in [0.25, 0.3) is 0 Å². The number of piperidine rings is 1. The summed E-state index contributed by atoms with van der Waals surface area (Å²) in [5, 5.41) is 1.94. The molecule has 1 fully saturated rings. The first-order valence-electron chi connectivity index (χ1n) is 6.15. The van der Waals surface area contributed by atoms with Crippen molar-refractivity contribution in [2.45, 2.75) is 12.8 Å². The number of likely N-dealkylation sites (tertiary alicyclic amines) is 1. The summed E-state index contributed by atoms with van der Waals surface area (Å²) in [6.07, 6.45) is 7.30. The fourth-order valence-corrected chi connectivity index (χ4v) is 2.92. The number of ether oxygens (including phenoxy) is 1. The fourth-order valence-electron chi connectivity index (χ4n) is 2.23. The summed E-state index contributed by atoms with van der Waals surface area (Å²) in [5.41, 5.74) is 0. The molecule has 0 aliphatic carbocycles. The van der Waals surface area contributed by atoms with Crippen molar-refractivity contribution in [2.24, 2.45) is 5.92 Å². The lowest BCUT2D eigenvalue weighted by Gasteiger charge is -2.32. The van der Waals surface area contributed by atoms with Crippen LogP contribution in [-0.2, 0) is 4.74 Å². The molecule has 3 nitrogen and oxygen atoms in total. The van der Waals surface area contributed by atoms with E-state index in [0.717, 1.165) is 30.8 Å². The van der Waals surface area contributed by atoms with Crippen LogP contribution in [0.5, 0.6) is 0 Å². The van der Waals surface area contributed by atoms with E-state index in [1.807, 2.05) is 22.4 Å². The maximum absolute atomic E-state index is 12.2. The molecular formula is C14H17NO2S. The second-order valence-electron chi connectivity index (χ2n) is 4.46. The summed E-state index contributed by atoms with van der Waals surface area (Å²) in [7, 11) is 0. The van der Waals surface area contributed by atoms with Crippen LogP contribution in [0.3, 0.4) is 0 Å². The first kappa shape index (κ1) is 13.1. The van der Waals surface area contributed by atoms with Crippen molar-refractivity contribution in [3.63, 3.8) is 0 Å². The van der Waals surface area contributed by atoms with Gasteiger partial charge in [-0.1, -0.05) is 12.0 Å². The first-order chi connectivity index (χ1) is 8.81. The zero-order valence-corrected chi connectivity index (χ0v) is 11.1. The molecule has 1 aliphatic heterocycles.